The summed E-state index contributed by atoms with van der Waals surface area (Å²) in [5.41, 5.74) is 1.68. The highest BCUT2D eigenvalue weighted by Gasteiger charge is 2.12. The lowest BCUT2D eigenvalue weighted by Gasteiger charge is -2.09. The standard InChI is InChI=1S/C10H15NO3S/c1-8-4-5-10(14-3)9(6-8)7-15(12,13)11-2/h4-6,11H,7H2,1-3H3. The first-order valence-corrected chi connectivity index (χ1v) is 6.18. The summed E-state index contributed by atoms with van der Waals surface area (Å²) in [6.45, 7) is 1.91. The van der Waals surface area contributed by atoms with Crippen LogP contribution >= 0.6 is 0 Å². The maximum atomic E-state index is 11.4. The maximum Gasteiger partial charge on any atom is 0.215 e. The first kappa shape index (κ1) is 12.0. The SMILES string of the molecule is CNS(=O)(=O)Cc1cc(C)ccc1OC. The Morgan fingerprint density at radius 1 is 1.40 bits per heavy atom. The molecule has 0 unspecified atom stereocenters. The zero-order chi connectivity index (χ0) is 11.5. The molecule has 5 heteroatoms. The van der Waals surface area contributed by atoms with E-state index in [1.807, 2.05) is 19.1 Å². The van der Waals surface area contributed by atoms with E-state index in [4.69, 9.17) is 4.74 Å². The summed E-state index contributed by atoms with van der Waals surface area (Å²) in [6, 6.07) is 5.47. The lowest BCUT2D eigenvalue weighted by atomic mass is 10.1. The van der Waals surface area contributed by atoms with Gasteiger partial charge in [-0.3, -0.25) is 0 Å². The van der Waals surface area contributed by atoms with Crippen LogP contribution in [0.4, 0.5) is 0 Å². The largest absolute Gasteiger partial charge is 0.496 e. The normalized spacial score (nSPS) is 11.4. The number of aryl methyl sites for hydroxylation is 1. The van der Waals surface area contributed by atoms with Crippen LogP contribution in [-0.2, 0) is 15.8 Å². The summed E-state index contributed by atoms with van der Waals surface area (Å²) < 4.78 is 30.1. The molecule has 1 aromatic rings. The van der Waals surface area contributed by atoms with Crippen LogP contribution < -0.4 is 9.46 Å². The Kier molecular flexibility index (Phi) is 3.71. The van der Waals surface area contributed by atoms with Gasteiger partial charge in [0.05, 0.1) is 12.9 Å². The molecule has 1 rings (SSSR count). The molecule has 0 fully saturated rings. The second-order valence-electron chi connectivity index (χ2n) is 3.28. The maximum absolute atomic E-state index is 11.4. The Bertz CT molecular complexity index is 440. The summed E-state index contributed by atoms with van der Waals surface area (Å²) in [4.78, 5) is 0. The van der Waals surface area contributed by atoms with Gasteiger partial charge in [-0.1, -0.05) is 17.7 Å². The van der Waals surface area contributed by atoms with Crippen molar-refractivity contribution in [2.75, 3.05) is 14.2 Å². The molecule has 0 aliphatic heterocycles. The van der Waals surface area contributed by atoms with E-state index in [1.54, 1.807) is 6.07 Å². The Balaban J connectivity index is 3.08. The average molecular weight is 229 g/mol. The zero-order valence-electron chi connectivity index (χ0n) is 9.07. The van der Waals surface area contributed by atoms with Crippen LogP contribution in [0.5, 0.6) is 5.75 Å². The minimum atomic E-state index is -3.25. The van der Waals surface area contributed by atoms with Crippen molar-refractivity contribution in [3.63, 3.8) is 0 Å². The zero-order valence-corrected chi connectivity index (χ0v) is 9.89. The van der Waals surface area contributed by atoms with Crippen LogP contribution in [0.1, 0.15) is 11.1 Å². The van der Waals surface area contributed by atoms with Gasteiger partial charge in [0.2, 0.25) is 10.0 Å². The van der Waals surface area contributed by atoms with Crippen molar-refractivity contribution in [3.8, 4) is 5.75 Å². The van der Waals surface area contributed by atoms with Gasteiger partial charge in [0.15, 0.2) is 0 Å². The van der Waals surface area contributed by atoms with E-state index in [0.717, 1.165) is 5.56 Å². The molecule has 0 aliphatic carbocycles. The lowest BCUT2D eigenvalue weighted by molar-refractivity contribution is 0.411. The van der Waals surface area contributed by atoms with Crippen LogP contribution in [0.3, 0.4) is 0 Å². The third kappa shape index (κ3) is 3.21. The number of nitrogens with one attached hydrogen (secondary N) is 1. The summed E-state index contributed by atoms with van der Waals surface area (Å²) in [7, 11) is -0.324. The number of benzene rings is 1. The fourth-order valence-electron chi connectivity index (χ4n) is 1.30. The van der Waals surface area contributed by atoms with E-state index < -0.39 is 10.0 Å². The lowest BCUT2D eigenvalue weighted by Crippen LogP contribution is -2.20. The molecule has 0 saturated heterocycles. The topological polar surface area (TPSA) is 55.4 Å². The molecule has 84 valence electrons. The fraction of sp³-hybridized carbons (Fsp3) is 0.400. The Hall–Kier alpha value is -1.07. The van der Waals surface area contributed by atoms with Crippen LogP contribution in [0.2, 0.25) is 0 Å². The van der Waals surface area contributed by atoms with Crippen molar-refractivity contribution in [2.45, 2.75) is 12.7 Å². The molecular formula is C10H15NO3S. The number of hydrogen-bond acceptors (Lipinski definition) is 3. The monoisotopic (exact) mass is 229 g/mol. The first-order valence-electron chi connectivity index (χ1n) is 4.53. The number of rotatable bonds is 4. The van der Waals surface area contributed by atoms with Gasteiger partial charge in [-0.05, 0) is 20.0 Å². The van der Waals surface area contributed by atoms with E-state index >= 15 is 0 Å². The van der Waals surface area contributed by atoms with E-state index in [1.165, 1.54) is 14.2 Å². The van der Waals surface area contributed by atoms with Crippen LogP contribution in [-0.4, -0.2) is 22.6 Å². The predicted molar refractivity (Wildman–Crippen MR) is 59.4 cm³/mol. The highest BCUT2D eigenvalue weighted by molar-refractivity contribution is 7.88. The Labute approximate surface area is 90.3 Å². The molecule has 0 atom stereocenters. The van der Waals surface area contributed by atoms with E-state index in [0.29, 0.717) is 11.3 Å². The summed E-state index contributed by atoms with van der Waals surface area (Å²) in [5.74, 6) is 0.536. The van der Waals surface area contributed by atoms with Gasteiger partial charge in [0, 0.05) is 5.56 Å². The third-order valence-electron chi connectivity index (χ3n) is 2.09. The summed E-state index contributed by atoms with van der Waals surface area (Å²) in [6.07, 6.45) is 0. The van der Waals surface area contributed by atoms with E-state index in [-0.39, 0.29) is 5.75 Å². The summed E-state index contributed by atoms with van der Waals surface area (Å²) >= 11 is 0. The Morgan fingerprint density at radius 2 is 2.07 bits per heavy atom. The molecule has 0 spiro atoms. The molecule has 0 aromatic heterocycles. The fourth-order valence-corrected chi connectivity index (χ4v) is 2.08. The Morgan fingerprint density at radius 3 is 2.60 bits per heavy atom. The van der Waals surface area contributed by atoms with Crippen molar-refractivity contribution in [3.05, 3.63) is 29.3 Å². The minimum Gasteiger partial charge on any atom is -0.496 e. The molecule has 0 heterocycles. The van der Waals surface area contributed by atoms with Gasteiger partial charge >= 0.3 is 0 Å². The molecule has 1 aromatic carbocycles. The van der Waals surface area contributed by atoms with E-state index in [9.17, 15) is 8.42 Å². The summed E-state index contributed by atoms with van der Waals surface area (Å²) in [5, 5.41) is 0. The molecule has 0 aliphatic rings. The number of ether oxygens (including phenoxy) is 1. The van der Waals surface area contributed by atoms with Gasteiger partial charge in [-0.2, -0.15) is 0 Å². The quantitative estimate of drug-likeness (QED) is 0.839. The van der Waals surface area contributed by atoms with E-state index in [2.05, 4.69) is 4.72 Å². The van der Waals surface area contributed by atoms with Crippen molar-refractivity contribution in [2.24, 2.45) is 0 Å². The average Bonchev–Trinajstić information content (AvgIpc) is 2.18. The van der Waals surface area contributed by atoms with Crippen LogP contribution in [0, 0.1) is 6.92 Å². The van der Waals surface area contributed by atoms with Crippen molar-refractivity contribution >= 4 is 10.0 Å². The molecule has 15 heavy (non-hydrogen) atoms. The van der Waals surface area contributed by atoms with Gasteiger partial charge in [0.1, 0.15) is 5.75 Å². The highest BCUT2D eigenvalue weighted by atomic mass is 32.2. The third-order valence-corrected chi connectivity index (χ3v) is 3.41. The van der Waals surface area contributed by atoms with Crippen molar-refractivity contribution in [1.82, 2.24) is 4.72 Å². The predicted octanol–water partition coefficient (Wildman–Crippen LogP) is 1.05. The molecule has 0 radical (unpaired) electrons. The second-order valence-corrected chi connectivity index (χ2v) is 5.20. The highest BCUT2D eigenvalue weighted by Crippen LogP contribution is 2.21. The van der Waals surface area contributed by atoms with Gasteiger partial charge in [-0.15, -0.1) is 0 Å². The minimum absolute atomic E-state index is 0.0612. The number of hydrogen-bond donors (Lipinski definition) is 1. The van der Waals surface area contributed by atoms with Gasteiger partial charge < -0.3 is 4.74 Å². The molecule has 0 saturated carbocycles. The second kappa shape index (κ2) is 4.63. The van der Waals surface area contributed by atoms with Crippen LogP contribution in [0.25, 0.3) is 0 Å². The number of sulfonamides is 1. The first-order chi connectivity index (χ1) is 6.98. The molecular weight excluding hydrogens is 214 g/mol. The molecule has 1 N–H and O–H groups in total. The molecule has 4 nitrogen and oxygen atoms in total. The van der Waals surface area contributed by atoms with Gasteiger partial charge in [-0.25, -0.2) is 13.1 Å². The molecule has 0 amide bonds. The molecule has 0 bridgehead atoms. The van der Waals surface area contributed by atoms with Gasteiger partial charge in [0.25, 0.3) is 0 Å². The smallest absolute Gasteiger partial charge is 0.215 e. The number of methoxy groups -OCH3 is 1. The van der Waals surface area contributed by atoms with Crippen molar-refractivity contribution < 1.29 is 13.2 Å². The van der Waals surface area contributed by atoms with Crippen LogP contribution in [0.15, 0.2) is 18.2 Å². The van der Waals surface area contributed by atoms with Crippen molar-refractivity contribution in [1.29, 1.82) is 0 Å².